The van der Waals surface area contributed by atoms with Gasteiger partial charge in [-0.15, -0.1) is 0 Å². The summed E-state index contributed by atoms with van der Waals surface area (Å²) >= 11 is 3.81. The number of hydrogen-bond acceptors (Lipinski definition) is 7. The molecule has 8 nitrogen and oxygen atoms in total. The molecule has 10 heteroatoms. The fourth-order valence-corrected chi connectivity index (χ4v) is 4.67. The number of benzene rings is 1. The first-order valence-electron chi connectivity index (χ1n) is 9.53. The van der Waals surface area contributed by atoms with Crippen molar-refractivity contribution in [2.75, 3.05) is 25.9 Å². The molecule has 0 atom stereocenters. The van der Waals surface area contributed by atoms with E-state index in [4.69, 9.17) is 15.5 Å². The quantitative estimate of drug-likeness (QED) is 0.436. The molecule has 0 aliphatic carbocycles. The summed E-state index contributed by atoms with van der Waals surface area (Å²) in [6, 6.07) is 5.91. The molecule has 3 rings (SSSR count). The number of hydrogen-bond donors (Lipinski definition) is 1. The number of rotatable bonds is 8. The summed E-state index contributed by atoms with van der Waals surface area (Å²) in [4.78, 5) is 28.2. The Hall–Kier alpha value is -2.08. The molecule has 1 aromatic carbocycles. The Morgan fingerprint density at radius 1 is 1.37 bits per heavy atom. The lowest BCUT2D eigenvalue weighted by Gasteiger charge is -2.23. The standard InChI is InChI=1S/C20H25IN6O2S/c1-12(2)10-26(13(3)28)7-8-27-19-17(18(22)23-11-24-19)25-20(27)30-16-9-14(29-4)5-6-15(16)21/h5-6,9,11-12H,7-8,10H2,1-4H3,(H2,22,23,24). The SMILES string of the molecule is COc1ccc(I)c(Sc2nc3c(N)ncnc3n2CCN(CC(C)C)C(C)=O)c1. The van der Waals surface area contributed by atoms with Crippen LogP contribution in [0.1, 0.15) is 20.8 Å². The number of imidazole rings is 1. The lowest BCUT2D eigenvalue weighted by Crippen LogP contribution is -2.35. The van der Waals surface area contributed by atoms with E-state index in [0.29, 0.717) is 42.5 Å². The van der Waals surface area contributed by atoms with Crippen molar-refractivity contribution in [1.82, 2.24) is 24.4 Å². The van der Waals surface area contributed by atoms with Crippen molar-refractivity contribution in [2.24, 2.45) is 5.92 Å². The van der Waals surface area contributed by atoms with Gasteiger partial charge in [0, 0.05) is 35.0 Å². The normalized spacial score (nSPS) is 11.3. The minimum Gasteiger partial charge on any atom is -0.497 e. The van der Waals surface area contributed by atoms with E-state index in [1.165, 1.54) is 18.1 Å². The zero-order valence-electron chi connectivity index (χ0n) is 17.4. The van der Waals surface area contributed by atoms with Crippen LogP contribution in [-0.2, 0) is 11.3 Å². The number of ether oxygens (including phenoxy) is 1. The van der Waals surface area contributed by atoms with Crippen LogP contribution in [0.15, 0.2) is 34.6 Å². The topological polar surface area (TPSA) is 99.2 Å². The molecule has 0 unspecified atom stereocenters. The number of carbonyl (C=O) groups is 1. The number of carbonyl (C=O) groups excluding carboxylic acids is 1. The van der Waals surface area contributed by atoms with Crippen molar-refractivity contribution < 1.29 is 9.53 Å². The van der Waals surface area contributed by atoms with Gasteiger partial charge in [0.25, 0.3) is 0 Å². The summed E-state index contributed by atoms with van der Waals surface area (Å²) in [5.41, 5.74) is 7.28. The first-order valence-corrected chi connectivity index (χ1v) is 11.4. The highest BCUT2D eigenvalue weighted by atomic mass is 127. The number of nitrogen functional groups attached to an aromatic ring is 1. The summed E-state index contributed by atoms with van der Waals surface area (Å²) in [7, 11) is 1.65. The van der Waals surface area contributed by atoms with Crippen molar-refractivity contribution in [3.63, 3.8) is 0 Å². The molecule has 1 amide bonds. The van der Waals surface area contributed by atoms with Crippen molar-refractivity contribution >= 4 is 57.2 Å². The summed E-state index contributed by atoms with van der Waals surface area (Å²) in [5, 5.41) is 0.747. The van der Waals surface area contributed by atoms with E-state index in [9.17, 15) is 4.79 Å². The highest BCUT2D eigenvalue weighted by molar-refractivity contribution is 14.1. The maximum atomic E-state index is 12.1. The molecular weight excluding hydrogens is 515 g/mol. The third-order valence-corrected chi connectivity index (χ3v) is 6.85. The smallest absolute Gasteiger partial charge is 0.219 e. The average molecular weight is 540 g/mol. The predicted octanol–water partition coefficient (Wildman–Crippen LogP) is 3.68. The Morgan fingerprint density at radius 3 is 2.80 bits per heavy atom. The molecule has 2 aromatic heterocycles. The van der Waals surface area contributed by atoms with Crippen LogP contribution in [0.25, 0.3) is 11.2 Å². The zero-order chi connectivity index (χ0) is 21.8. The molecule has 160 valence electrons. The van der Waals surface area contributed by atoms with Gasteiger partial charge in [-0.25, -0.2) is 15.0 Å². The average Bonchev–Trinajstić information content (AvgIpc) is 3.05. The highest BCUT2D eigenvalue weighted by Gasteiger charge is 2.19. The maximum absolute atomic E-state index is 12.1. The zero-order valence-corrected chi connectivity index (χ0v) is 20.4. The van der Waals surface area contributed by atoms with Gasteiger partial charge >= 0.3 is 0 Å². The summed E-state index contributed by atoms with van der Waals surface area (Å²) < 4.78 is 8.46. The Morgan fingerprint density at radius 2 is 2.13 bits per heavy atom. The molecule has 0 saturated heterocycles. The maximum Gasteiger partial charge on any atom is 0.219 e. The van der Waals surface area contributed by atoms with E-state index < -0.39 is 0 Å². The molecule has 3 aromatic rings. The molecule has 0 aliphatic heterocycles. The van der Waals surface area contributed by atoms with Gasteiger partial charge in [-0.1, -0.05) is 25.6 Å². The van der Waals surface area contributed by atoms with E-state index in [0.717, 1.165) is 19.4 Å². The second-order valence-electron chi connectivity index (χ2n) is 7.23. The van der Waals surface area contributed by atoms with Gasteiger partial charge in [0.05, 0.1) is 7.11 Å². The van der Waals surface area contributed by atoms with E-state index >= 15 is 0 Å². The van der Waals surface area contributed by atoms with Crippen LogP contribution in [0.2, 0.25) is 0 Å². The summed E-state index contributed by atoms with van der Waals surface area (Å²) in [5.74, 6) is 1.56. The molecule has 2 heterocycles. The Labute approximate surface area is 193 Å². The molecule has 0 fully saturated rings. The highest BCUT2D eigenvalue weighted by Crippen LogP contribution is 2.35. The van der Waals surface area contributed by atoms with E-state index in [1.807, 2.05) is 27.7 Å². The fraction of sp³-hybridized carbons (Fsp3) is 0.400. The van der Waals surface area contributed by atoms with E-state index in [-0.39, 0.29) is 5.91 Å². The number of aromatic nitrogens is 4. The van der Waals surface area contributed by atoms with E-state index in [2.05, 4.69) is 46.4 Å². The van der Waals surface area contributed by atoms with Crippen molar-refractivity contribution in [3.8, 4) is 5.75 Å². The molecular formula is C20H25IN6O2S. The van der Waals surface area contributed by atoms with Crippen LogP contribution in [0.5, 0.6) is 5.75 Å². The molecule has 0 radical (unpaired) electrons. The number of fused-ring (bicyclic) bond motifs is 1. The third-order valence-electron chi connectivity index (χ3n) is 4.49. The monoisotopic (exact) mass is 540 g/mol. The van der Waals surface area contributed by atoms with Crippen LogP contribution in [0.3, 0.4) is 0 Å². The Balaban J connectivity index is 1.98. The van der Waals surface area contributed by atoms with Gasteiger partial charge in [0.2, 0.25) is 5.91 Å². The largest absolute Gasteiger partial charge is 0.497 e. The predicted molar refractivity (Wildman–Crippen MR) is 127 cm³/mol. The minimum absolute atomic E-state index is 0.0545. The summed E-state index contributed by atoms with van der Waals surface area (Å²) in [6.07, 6.45) is 1.44. The van der Waals surface area contributed by atoms with Crippen molar-refractivity contribution in [2.45, 2.75) is 37.4 Å². The van der Waals surface area contributed by atoms with Gasteiger partial charge in [-0.05, 0) is 46.7 Å². The minimum atomic E-state index is 0.0545. The van der Waals surface area contributed by atoms with Crippen molar-refractivity contribution in [1.29, 1.82) is 0 Å². The lowest BCUT2D eigenvalue weighted by atomic mass is 10.2. The lowest BCUT2D eigenvalue weighted by molar-refractivity contribution is -0.129. The van der Waals surface area contributed by atoms with Crippen LogP contribution in [0.4, 0.5) is 5.82 Å². The van der Waals surface area contributed by atoms with Crippen LogP contribution < -0.4 is 10.5 Å². The molecule has 0 saturated carbocycles. The summed E-state index contributed by atoms with van der Waals surface area (Å²) in [6.45, 7) is 7.62. The number of methoxy groups -OCH3 is 1. The number of nitrogens with zero attached hydrogens (tertiary/aromatic N) is 5. The molecule has 0 aliphatic rings. The van der Waals surface area contributed by atoms with Gasteiger partial charge in [-0.2, -0.15) is 0 Å². The molecule has 2 N–H and O–H groups in total. The van der Waals surface area contributed by atoms with Crippen LogP contribution in [-0.4, -0.2) is 50.5 Å². The number of anilines is 1. The molecule has 0 spiro atoms. The van der Waals surface area contributed by atoms with Gasteiger partial charge in [-0.3, -0.25) is 4.79 Å². The number of nitrogens with two attached hydrogens (primary N) is 1. The second-order valence-corrected chi connectivity index (χ2v) is 9.41. The number of halogens is 1. The van der Waals surface area contributed by atoms with Gasteiger partial charge < -0.3 is 19.9 Å². The van der Waals surface area contributed by atoms with E-state index in [1.54, 1.807) is 14.0 Å². The first kappa shape index (κ1) is 22.6. The fourth-order valence-electron chi connectivity index (χ4n) is 3.04. The molecule has 0 bridgehead atoms. The molecule has 30 heavy (non-hydrogen) atoms. The van der Waals surface area contributed by atoms with Gasteiger partial charge in [0.1, 0.15) is 12.1 Å². The number of amides is 1. The van der Waals surface area contributed by atoms with Crippen LogP contribution in [0, 0.1) is 9.49 Å². The Kier molecular flexibility index (Phi) is 7.40. The van der Waals surface area contributed by atoms with Crippen molar-refractivity contribution in [3.05, 3.63) is 28.1 Å². The van der Waals surface area contributed by atoms with Crippen LogP contribution >= 0.6 is 34.4 Å². The first-order chi connectivity index (χ1) is 14.3. The van der Waals surface area contributed by atoms with Gasteiger partial charge in [0.15, 0.2) is 22.1 Å². The Bertz CT molecular complexity index is 1060. The second kappa shape index (κ2) is 9.82. The third kappa shape index (κ3) is 5.15.